The minimum Gasteiger partial charge on any atom is -0.368 e. The van der Waals surface area contributed by atoms with Gasteiger partial charge in [-0.25, -0.2) is 4.39 Å². The summed E-state index contributed by atoms with van der Waals surface area (Å²) in [4.78, 5) is 7.88. The fourth-order valence-corrected chi connectivity index (χ4v) is 0.692. The summed E-state index contributed by atoms with van der Waals surface area (Å²) in [5.74, 6) is -2.04. The van der Waals surface area contributed by atoms with Gasteiger partial charge in [0.1, 0.15) is 6.26 Å². The van der Waals surface area contributed by atoms with Crippen LogP contribution in [0.2, 0.25) is 0 Å². The standard InChI is InChI=1S/C4F6O3.C3H3FO2/c5-1-2(12-3(6,7)8)13-4(9,10)11-1;4-3-1-2-5-6-3/h;1-3H. The van der Waals surface area contributed by atoms with Crippen molar-refractivity contribution in [3.8, 4) is 0 Å². The first-order valence-electron chi connectivity index (χ1n) is 4.13. The lowest BCUT2D eigenvalue weighted by atomic mass is 10.7. The molecular formula is C7H3F7O5. The summed E-state index contributed by atoms with van der Waals surface area (Å²) in [5, 5.41) is 0. The normalized spacial score (nSPS) is 24.1. The van der Waals surface area contributed by atoms with Crippen molar-refractivity contribution in [2.45, 2.75) is 19.0 Å². The zero-order chi connectivity index (χ0) is 14.7. The molecule has 5 nitrogen and oxygen atoms in total. The van der Waals surface area contributed by atoms with Gasteiger partial charge in [-0.05, 0) is 0 Å². The Bertz CT molecular complexity index is 377. The molecule has 0 saturated heterocycles. The summed E-state index contributed by atoms with van der Waals surface area (Å²) in [6.07, 6.45) is -8.82. The van der Waals surface area contributed by atoms with Crippen molar-refractivity contribution in [1.82, 2.24) is 0 Å². The molecule has 0 N–H and O–H groups in total. The zero-order valence-electron chi connectivity index (χ0n) is 8.42. The molecule has 1 atom stereocenters. The first-order chi connectivity index (χ1) is 8.59. The average molecular weight is 300 g/mol. The topological polar surface area (TPSA) is 46.2 Å². The van der Waals surface area contributed by atoms with Crippen LogP contribution in [0.3, 0.4) is 0 Å². The molecule has 0 bridgehead atoms. The molecule has 0 aromatic carbocycles. The van der Waals surface area contributed by atoms with Gasteiger partial charge >= 0.3 is 24.6 Å². The molecule has 0 aliphatic carbocycles. The first kappa shape index (κ1) is 15.2. The molecule has 2 aliphatic heterocycles. The van der Waals surface area contributed by atoms with Crippen molar-refractivity contribution in [3.63, 3.8) is 0 Å². The van der Waals surface area contributed by atoms with E-state index in [1.165, 1.54) is 6.08 Å². The summed E-state index contributed by atoms with van der Waals surface area (Å²) in [7, 11) is 0. The molecule has 12 heteroatoms. The Morgan fingerprint density at radius 1 is 1.21 bits per heavy atom. The Morgan fingerprint density at radius 2 is 1.84 bits per heavy atom. The van der Waals surface area contributed by atoms with E-state index >= 15 is 0 Å². The number of rotatable bonds is 1. The molecule has 2 rings (SSSR count). The highest BCUT2D eigenvalue weighted by atomic mass is 19.4. The first-order valence-corrected chi connectivity index (χ1v) is 4.13. The van der Waals surface area contributed by atoms with Gasteiger partial charge in [0.05, 0.1) is 0 Å². The molecule has 2 aliphatic rings. The minimum absolute atomic E-state index is 1.16. The third-order valence-electron chi connectivity index (χ3n) is 1.22. The third kappa shape index (κ3) is 5.54. The molecule has 0 fully saturated rings. The molecule has 0 aromatic heterocycles. The van der Waals surface area contributed by atoms with Crippen molar-refractivity contribution in [2.75, 3.05) is 0 Å². The molecule has 110 valence electrons. The number of halogens is 7. The number of hydrogen-bond acceptors (Lipinski definition) is 5. The second-order valence-electron chi connectivity index (χ2n) is 2.65. The summed E-state index contributed by atoms with van der Waals surface area (Å²) in [5.41, 5.74) is 0. The lowest BCUT2D eigenvalue weighted by molar-refractivity contribution is -0.374. The number of alkyl halides is 6. The third-order valence-corrected chi connectivity index (χ3v) is 1.22. The van der Waals surface area contributed by atoms with E-state index in [9.17, 15) is 30.7 Å². The van der Waals surface area contributed by atoms with Gasteiger partial charge in [0.2, 0.25) is 0 Å². The second kappa shape index (κ2) is 5.42. The van der Waals surface area contributed by atoms with Crippen LogP contribution >= 0.6 is 0 Å². The van der Waals surface area contributed by atoms with Crippen molar-refractivity contribution >= 4 is 0 Å². The van der Waals surface area contributed by atoms with Crippen molar-refractivity contribution in [2.24, 2.45) is 0 Å². The quantitative estimate of drug-likeness (QED) is 0.550. The van der Waals surface area contributed by atoms with E-state index in [1.54, 1.807) is 0 Å². The highest BCUT2D eigenvalue weighted by molar-refractivity contribution is 4.90. The molecule has 2 heterocycles. The predicted molar refractivity (Wildman–Crippen MR) is 38.6 cm³/mol. The summed E-state index contributed by atoms with van der Waals surface area (Å²) in [6, 6.07) is -2.26. The summed E-state index contributed by atoms with van der Waals surface area (Å²) >= 11 is 0. The molecule has 1 unspecified atom stereocenters. The van der Waals surface area contributed by atoms with E-state index in [4.69, 9.17) is 0 Å². The fraction of sp³-hybridized carbons (Fsp3) is 0.429. The maximum atomic E-state index is 12.0. The van der Waals surface area contributed by atoms with E-state index in [-0.39, 0.29) is 0 Å². The van der Waals surface area contributed by atoms with Crippen LogP contribution in [-0.2, 0) is 24.0 Å². The van der Waals surface area contributed by atoms with Gasteiger partial charge in [-0.1, -0.05) is 0 Å². The van der Waals surface area contributed by atoms with Crippen LogP contribution in [0.25, 0.3) is 0 Å². The van der Waals surface area contributed by atoms with Gasteiger partial charge in [-0.3, -0.25) is 0 Å². The van der Waals surface area contributed by atoms with Gasteiger partial charge in [-0.15, -0.1) is 26.8 Å². The van der Waals surface area contributed by atoms with Crippen LogP contribution in [0.15, 0.2) is 24.3 Å². The SMILES string of the molecule is FC1=C(OC(F)(F)F)OC(F)(F)O1.FC1C=COO1. The Kier molecular flexibility index (Phi) is 4.34. The summed E-state index contributed by atoms with van der Waals surface area (Å²) in [6.45, 7) is 0. The maximum Gasteiger partial charge on any atom is 0.590 e. The van der Waals surface area contributed by atoms with Gasteiger partial charge in [0, 0.05) is 6.08 Å². The lowest BCUT2D eigenvalue weighted by Crippen LogP contribution is -2.19. The van der Waals surface area contributed by atoms with E-state index in [0.29, 0.717) is 0 Å². The summed E-state index contributed by atoms with van der Waals surface area (Å²) < 4.78 is 89.9. The minimum atomic E-state index is -5.32. The highest BCUT2D eigenvalue weighted by Crippen LogP contribution is 2.37. The van der Waals surface area contributed by atoms with Crippen LogP contribution in [0.1, 0.15) is 0 Å². The van der Waals surface area contributed by atoms with Crippen LogP contribution < -0.4 is 0 Å². The number of hydrogen-bond donors (Lipinski definition) is 0. The lowest BCUT2D eigenvalue weighted by Gasteiger charge is -2.09. The van der Waals surface area contributed by atoms with Crippen LogP contribution in [0, 0.1) is 0 Å². The molecule has 0 saturated carbocycles. The van der Waals surface area contributed by atoms with Crippen molar-refractivity contribution < 1.29 is 54.7 Å². The fourth-order valence-electron chi connectivity index (χ4n) is 0.692. The van der Waals surface area contributed by atoms with Crippen LogP contribution in [0.4, 0.5) is 30.7 Å². The molecule has 0 radical (unpaired) electrons. The van der Waals surface area contributed by atoms with Gasteiger partial charge in [-0.2, -0.15) is 4.39 Å². The van der Waals surface area contributed by atoms with E-state index < -0.39 is 31.0 Å². The molecular weight excluding hydrogens is 297 g/mol. The Balaban J connectivity index is 0.000000250. The monoisotopic (exact) mass is 300 g/mol. The van der Waals surface area contributed by atoms with Gasteiger partial charge in [0.15, 0.2) is 0 Å². The Hall–Kier alpha value is -1.85. The Labute approximate surface area is 99.2 Å². The molecule has 19 heavy (non-hydrogen) atoms. The number of ether oxygens (including phenoxy) is 3. The van der Waals surface area contributed by atoms with E-state index in [0.717, 1.165) is 6.26 Å². The molecule has 0 spiro atoms. The van der Waals surface area contributed by atoms with Gasteiger partial charge < -0.3 is 19.1 Å². The largest absolute Gasteiger partial charge is 0.590 e. The second-order valence-corrected chi connectivity index (χ2v) is 2.65. The van der Waals surface area contributed by atoms with Gasteiger partial charge in [0.25, 0.3) is 6.36 Å². The molecule has 0 aromatic rings. The maximum absolute atomic E-state index is 12.0. The van der Waals surface area contributed by atoms with Crippen LogP contribution in [0.5, 0.6) is 0 Å². The van der Waals surface area contributed by atoms with E-state index in [2.05, 4.69) is 24.0 Å². The Morgan fingerprint density at radius 3 is 2.11 bits per heavy atom. The van der Waals surface area contributed by atoms with Crippen molar-refractivity contribution in [1.29, 1.82) is 0 Å². The van der Waals surface area contributed by atoms with Crippen molar-refractivity contribution in [3.05, 3.63) is 24.3 Å². The average Bonchev–Trinajstić information content (AvgIpc) is 2.73. The smallest absolute Gasteiger partial charge is 0.368 e. The van der Waals surface area contributed by atoms with Crippen LogP contribution in [-0.4, -0.2) is 19.0 Å². The highest BCUT2D eigenvalue weighted by Gasteiger charge is 2.50. The van der Waals surface area contributed by atoms with E-state index in [1.807, 2.05) is 0 Å². The predicted octanol–water partition coefficient (Wildman–Crippen LogP) is 2.97. The zero-order valence-corrected chi connectivity index (χ0v) is 8.42. The molecule has 0 amide bonds.